The van der Waals surface area contributed by atoms with Gasteiger partial charge < -0.3 is 13.8 Å². The molecule has 8 aromatic rings. The molecule has 52 heavy (non-hydrogen) atoms. The minimum Gasteiger partial charge on any atom is -0.456 e. The van der Waals surface area contributed by atoms with Crippen molar-refractivity contribution in [3.05, 3.63) is 126 Å². The molecule has 0 atom stereocenters. The van der Waals surface area contributed by atoms with Gasteiger partial charge in [0.15, 0.2) is 0 Å². The van der Waals surface area contributed by atoms with Crippen LogP contribution in [0, 0.1) is 0 Å². The Bertz CT molecular complexity index is 2780. The number of para-hydroxylation sites is 3. The molecular weight excluding hydrogens is 631 g/mol. The van der Waals surface area contributed by atoms with Crippen LogP contribution in [0.15, 0.2) is 114 Å². The first-order valence-electron chi connectivity index (χ1n) is 18.8. The molecular formula is C48H45BN2O. The van der Waals surface area contributed by atoms with Crippen molar-refractivity contribution >= 4 is 78.6 Å². The number of rotatable bonds is 1. The lowest BCUT2D eigenvalue weighted by Gasteiger charge is -2.42. The van der Waals surface area contributed by atoms with Crippen LogP contribution in [-0.2, 0) is 16.2 Å². The van der Waals surface area contributed by atoms with Crippen LogP contribution in [0.2, 0.25) is 0 Å². The second kappa shape index (κ2) is 10.2. The Balaban J connectivity index is 1.43. The minimum atomic E-state index is -0.0266. The van der Waals surface area contributed by atoms with Gasteiger partial charge in [0.25, 0.3) is 0 Å². The van der Waals surface area contributed by atoms with Crippen LogP contribution >= 0.6 is 0 Å². The highest BCUT2D eigenvalue weighted by molar-refractivity contribution is 6.90. The third-order valence-corrected chi connectivity index (χ3v) is 11.8. The summed E-state index contributed by atoms with van der Waals surface area (Å²) < 4.78 is 9.49. The monoisotopic (exact) mass is 676 g/mol. The van der Waals surface area contributed by atoms with Gasteiger partial charge in [0.2, 0.25) is 0 Å². The Morgan fingerprint density at radius 1 is 0.538 bits per heavy atom. The van der Waals surface area contributed by atoms with Gasteiger partial charge in [-0.1, -0.05) is 135 Å². The number of furan rings is 1. The third kappa shape index (κ3) is 4.27. The SMILES string of the molecule is CC(C)(C)c1cc(N2c3cc(C(C)(C)C)ccc3B3c4c2cc2oc5ccccc5c2c4-c2cccc4c5ccccc5n3c24)cc(C(C)(C)C)c1. The minimum absolute atomic E-state index is 0.0199. The molecule has 6 aromatic carbocycles. The first-order valence-corrected chi connectivity index (χ1v) is 18.8. The Labute approximate surface area is 307 Å². The highest BCUT2D eigenvalue weighted by atomic mass is 16.3. The number of benzene rings is 6. The average molecular weight is 677 g/mol. The topological polar surface area (TPSA) is 21.3 Å². The molecule has 0 aliphatic carbocycles. The van der Waals surface area contributed by atoms with E-state index in [-0.39, 0.29) is 23.1 Å². The van der Waals surface area contributed by atoms with Crippen molar-refractivity contribution in [2.45, 2.75) is 78.6 Å². The lowest BCUT2D eigenvalue weighted by molar-refractivity contribution is 0.569. The van der Waals surface area contributed by atoms with E-state index in [0.717, 1.165) is 11.2 Å². The van der Waals surface area contributed by atoms with Crippen LogP contribution in [-0.4, -0.2) is 11.3 Å². The molecule has 0 unspecified atom stereocenters. The van der Waals surface area contributed by atoms with Crippen molar-refractivity contribution in [3.8, 4) is 11.1 Å². The predicted molar refractivity (Wildman–Crippen MR) is 223 cm³/mol. The molecule has 0 spiro atoms. The van der Waals surface area contributed by atoms with Gasteiger partial charge in [-0.3, -0.25) is 0 Å². The lowest BCUT2D eigenvalue weighted by Crippen LogP contribution is -2.56. The summed E-state index contributed by atoms with van der Waals surface area (Å²) in [5.41, 5.74) is 17.2. The molecule has 0 saturated heterocycles. The van der Waals surface area contributed by atoms with Gasteiger partial charge in [-0.2, -0.15) is 0 Å². The van der Waals surface area contributed by atoms with Crippen LogP contribution in [0.5, 0.6) is 0 Å². The van der Waals surface area contributed by atoms with Crippen LogP contribution in [0.25, 0.3) is 54.9 Å². The predicted octanol–water partition coefficient (Wildman–Crippen LogP) is 12.0. The molecule has 2 aromatic heterocycles. The van der Waals surface area contributed by atoms with Gasteiger partial charge in [0, 0.05) is 61.3 Å². The van der Waals surface area contributed by atoms with Crippen LogP contribution in [0.4, 0.5) is 17.1 Å². The zero-order valence-corrected chi connectivity index (χ0v) is 31.8. The van der Waals surface area contributed by atoms with Gasteiger partial charge in [0.05, 0.1) is 0 Å². The quantitative estimate of drug-likeness (QED) is 0.161. The molecule has 256 valence electrons. The maximum atomic E-state index is 6.84. The Hall–Kier alpha value is -5.22. The summed E-state index contributed by atoms with van der Waals surface area (Å²) in [6.45, 7) is 20.9. The Morgan fingerprint density at radius 2 is 1.19 bits per heavy atom. The summed E-state index contributed by atoms with van der Waals surface area (Å²) in [7, 11) is 0. The van der Waals surface area contributed by atoms with Crippen molar-refractivity contribution < 1.29 is 4.42 Å². The molecule has 0 saturated carbocycles. The normalized spacial score (nSPS) is 14.2. The lowest BCUT2D eigenvalue weighted by atomic mass is 9.44. The Morgan fingerprint density at radius 3 is 1.90 bits per heavy atom. The molecule has 0 bridgehead atoms. The molecule has 4 heterocycles. The molecule has 3 nitrogen and oxygen atoms in total. The molecule has 0 fully saturated rings. The smallest absolute Gasteiger partial charge is 0.333 e. The fourth-order valence-electron chi connectivity index (χ4n) is 9.03. The number of hydrogen-bond acceptors (Lipinski definition) is 2. The number of hydrogen-bond donors (Lipinski definition) is 0. The van der Waals surface area contributed by atoms with E-state index in [0.29, 0.717) is 0 Å². The third-order valence-electron chi connectivity index (χ3n) is 11.8. The maximum Gasteiger partial charge on any atom is 0.333 e. The van der Waals surface area contributed by atoms with Gasteiger partial charge in [0.1, 0.15) is 11.2 Å². The summed E-state index contributed by atoms with van der Waals surface area (Å²) >= 11 is 0. The van der Waals surface area contributed by atoms with Gasteiger partial charge in [-0.15, -0.1) is 0 Å². The van der Waals surface area contributed by atoms with Crippen molar-refractivity contribution in [3.63, 3.8) is 0 Å². The number of fused-ring (bicyclic) bond motifs is 11. The molecule has 0 N–H and O–H groups in total. The highest BCUT2D eigenvalue weighted by Crippen LogP contribution is 2.50. The zero-order valence-electron chi connectivity index (χ0n) is 31.8. The van der Waals surface area contributed by atoms with Crippen molar-refractivity contribution in [2.24, 2.45) is 0 Å². The van der Waals surface area contributed by atoms with E-state index in [9.17, 15) is 0 Å². The number of anilines is 3. The number of aromatic nitrogens is 1. The van der Waals surface area contributed by atoms with E-state index >= 15 is 0 Å². The van der Waals surface area contributed by atoms with Gasteiger partial charge >= 0.3 is 6.85 Å². The second-order valence-corrected chi connectivity index (χ2v) is 18.3. The summed E-state index contributed by atoms with van der Waals surface area (Å²) in [6, 6.07) is 41.4. The molecule has 4 heteroatoms. The molecule has 0 radical (unpaired) electrons. The van der Waals surface area contributed by atoms with E-state index in [1.54, 1.807) is 0 Å². The number of nitrogens with zero attached hydrogens (tertiary/aromatic N) is 2. The van der Waals surface area contributed by atoms with Gasteiger partial charge in [-0.25, -0.2) is 0 Å². The van der Waals surface area contributed by atoms with Crippen LogP contribution in [0.1, 0.15) is 79.0 Å². The molecule has 10 rings (SSSR count). The van der Waals surface area contributed by atoms with E-state index in [4.69, 9.17) is 4.42 Å². The first-order chi connectivity index (χ1) is 24.7. The molecule has 2 aliphatic heterocycles. The van der Waals surface area contributed by atoms with Gasteiger partial charge in [-0.05, 0) is 79.8 Å². The second-order valence-electron chi connectivity index (χ2n) is 18.3. The molecule has 2 aliphatic rings. The van der Waals surface area contributed by atoms with E-state index in [1.165, 1.54) is 88.4 Å². The summed E-state index contributed by atoms with van der Waals surface area (Å²) in [5.74, 6) is 0. The fraction of sp³-hybridized carbons (Fsp3) is 0.250. The van der Waals surface area contributed by atoms with E-state index in [2.05, 4.69) is 181 Å². The standard InChI is InChI=1S/C48H45BN2O/c1-46(2,3)28-21-22-36-38(26-28)50(31-24-29(47(4,5)6)23-30(25-31)48(7,8)9)39-27-41-42(34-16-11-13-20-40(34)52-41)43-35-18-14-17-33-32-15-10-12-19-37(32)51(45(33)35)49(36)44(39)43/h10-27H,1-9H3. The summed E-state index contributed by atoms with van der Waals surface area (Å²) in [6.07, 6.45) is 0. The fourth-order valence-corrected chi connectivity index (χ4v) is 9.03. The maximum absolute atomic E-state index is 6.84. The van der Waals surface area contributed by atoms with Crippen molar-refractivity contribution in [1.29, 1.82) is 0 Å². The molecule has 0 amide bonds. The Kier molecular flexibility index (Phi) is 6.19. The van der Waals surface area contributed by atoms with E-state index < -0.39 is 0 Å². The zero-order chi connectivity index (χ0) is 36.1. The van der Waals surface area contributed by atoms with E-state index in [1.807, 2.05) is 0 Å². The van der Waals surface area contributed by atoms with Crippen LogP contribution in [0.3, 0.4) is 0 Å². The average Bonchev–Trinajstić information content (AvgIpc) is 3.64. The largest absolute Gasteiger partial charge is 0.456 e. The summed E-state index contributed by atoms with van der Waals surface area (Å²) in [4.78, 5) is 2.58. The van der Waals surface area contributed by atoms with Crippen molar-refractivity contribution in [1.82, 2.24) is 4.48 Å². The first kappa shape index (κ1) is 31.5. The van der Waals surface area contributed by atoms with Crippen LogP contribution < -0.4 is 15.8 Å². The van der Waals surface area contributed by atoms with Crippen molar-refractivity contribution in [2.75, 3.05) is 4.90 Å². The highest BCUT2D eigenvalue weighted by Gasteiger charge is 2.44. The summed E-state index contributed by atoms with van der Waals surface area (Å²) in [5, 5.41) is 4.97.